The van der Waals surface area contributed by atoms with Crippen molar-refractivity contribution < 1.29 is 9.18 Å². The topological polar surface area (TPSA) is 41.1 Å². The number of nitrogens with one attached hydrogen (secondary N) is 2. The molecule has 21 heavy (non-hydrogen) atoms. The number of urea groups is 1. The number of fused-ring (bicyclic) bond motifs is 1. The van der Waals surface area contributed by atoms with Crippen molar-refractivity contribution in [2.75, 3.05) is 5.32 Å². The molecule has 1 aliphatic carbocycles. The van der Waals surface area contributed by atoms with Crippen LogP contribution < -0.4 is 10.6 Å². The number of carbonyl (C=O) groups is 1. The molecule has 0 spiro atoms. The molecule has 0 fully saturated rings. The van der Waals surface area contributed by atoms with Crippen molar-refractivity contribution in [2.45, 2.75) is 25.3 Å². The smallest absolute Gasteiger partial charge is 0.319 e. The summed E-state index contributed by atoms with van der Waals surface area (Å²) >= 11 is 0. The van der Waals surface area contributed by atoms with Crippen LogP contribution in [0.1, 0.15) is 30.0 Å². The number of halogens is 1. The van der Waals surface area contributed by atoms with Gasteiger partial charge in [-0.1, -0.05) is 36.4 Å². The minimum absolute atomic E-state index is 0.0123. The minimum Gasteiger partial charge on any atom is -0.331 e. The predicted octanol–water partition coefficient (Wildman–Crippen LogP) is 4.02. The van der Waals surface area contributed by atoms with E-state index in [0.717, 1.165) is 24.8 Å². The molecule has 0 unspecified atom stereocenters. The average molecular weight is 284 g/mol. The van der Waals surface area contributed by atoms with Gasteiger partial charge in [-0.25, -0.2) is 9.18 Å². The lowest BCUT2D eigenvalue weighted by atomic mass is 9.88. The number of anilines is 1. The standard InChI is InChI=1S/C17H17FN2O/c18-14-9-3-4-10-16(14)20-17(21)19-15-11-5-7-12-6-1-2-8-13(12)15/h1-4,6,8-10,15H,5,7,11H2,(H2,19,20,21)/t15-/m0/s1. The molecule has 0 saturated heterocycles. The van der Waals surface area contributed by atoms with Crippen LogP contribution in [-0.2, 0) is 6.42 Å². The quantitative estimate of drug-likeness (QED) is 0.859. The third-order valence-corrected chi connectivity index (χ3v) is 3.80. The zero-order valence-corrected chi connectivity index (χ0v) is 11.6. The molecule has 3 rings (SSSR count). The van der Waals surface area contributed by atoms with Crippen LogP contribution in [0.3, 0.4) is 0 Å². The number of hydrogen-bond acceptors (Lipinski definition) is 1. The lowest BCUT2D eigenvalue weighted by Crippen LogP contribution is -2.34. The van der Waals surface area contributed by atoms with Crippen LogP contribution in [-0.4, -0.2) is 6.03 Å². The highest BCUT2D eigenvalue weighted by atomic mass is 19.1. The van der Waals surface area contributed by atoms with E-state index in [1.54, 1.807) is 18.2 Å². The van der Waals surface area contributed by atoms with E-state index in [1.807, 2.05) is 18.2 Å². The fourth-order valence-corrected chi connectivity index (χ4v) is 2.78. The van der Waals surface area contributed by atoms with Crippen LogP contribution in [0.5, 0.6) is 0 Å². The third kappa shape index (κ3) is 3.05. The molecule has 108 valence electrons. The van der Waals surface area contributed by atoms with Crippen LogP contribution in [0.15, 0.2) is 48.5 Å². The summed E-state index contributed by atoms with van der Waals surface area (Å²) in [6.45, 7) is 0. The van der Waals surface area contributed by atoms with Gasteiger partial charge in [-0.3, -0.25) is 0 Å². The van der Waals surface area contributed by atoms with Gasteiger partial charge in [0.15, 0.2) is 0 Å². The molecule has 0 heterocycles. The summed E-state index contributed by atoms with van der Waals surface area (Å²) < 4.78 is 13.5. The van der Waals surface area contributed by atoms with Gasteiger partial charge in [0, 0.05) is 0 Å². The first kappa shape index (κ1) is 13.6. The summed E-state index contributed by atoms with van der Waals surface area (Å²) in [5.74, 6) is -0.434. The van der Waals surface area contributed by atoms with Gasteiger partial charge in [-0.2, -0.15) is 0 Å². The molecule has 2 aromatic rings. The number of aryl methyl sites for hydroxylation is 1. The number of benzene rings is 2. The molecule has 0 aliphatic heterocycles. The normalized spacial score (nSPS) is 16.9. The molecule has 2 N–H and O–H groups in total. The van der Waals surface area contributed by atoms with Crippen molar-refractivity contribution in [2.24, 2.45) is 0 Å². The van der Waals surface area contributed by atoms with Crippen molar-refractivity contribution in [3.05, 3.63) is 65.5 Å². The molecular formula is C17H17FN2O. The molecule has 4 heteroatoms. The Kier molecular flexibility index (Phi) is 3.86. The van der Waals surface area contributed by atoms with Crippen LogP contribution >= 0.6 is 0 Å². The maximum Gasteiger partial charge on any atom is 0.319 e. The monoisotopic (exact) mass is 284 g/mol. The Labute approximate surface area is 123 Å². The van der Waals surface area contributed by atoms with Crippen molar-refractivity contribution in [1.82, 2.24) is 5.32 Å². The van der Waals surface area contributed by atoms with Crippen LogP contribution in [0, 0.1) is 5.82 Å². The molecule has 2 aromatic carbocycles. The fourth-order valence-electron chi connectivity index (χ4n) is 2.78. The van der Waals surface area contributed by atoms with E-state index in [2.05, 4.69) is 16.7 Å². The SMILES string of the molecule is O=C(Nc1ccccc1F)N[C@H]1CCCc2ccccc21. The highest BCUT2D eigenvalue weighted by molar-refractivity contribution is 5.89. The fraction of sp³-hybridized carbons (Fsp3) is 0.235. The molecule has 0 saturated carbocycles. The Morgan fingerprint density at radius 3 is 2.71 bits per heavy atom. The second-order valence-electron chi connectivity index (χ2n) is 5.22. The molecule has 1 atom stereocenters. The maximum absolute atomic E-state index is 13.5. The first-order valence-corrected chi connectivity index (χ1v) is 7.14. The Hall–Kier alpha value is -2.36. The van der Waals surface area contributed by atoms with Crippen molar-refractivity contribution >= 4 is 11.7 Å². The van der Waals surface area contributed by atoms with Crippen molar-refractivity contribution in [3.63, 3.8) is 0 Å². The Morgan fingerprint density at radius 1 is 1.10 bits per heavy atom. The number of rotatable bonds is 2. The van der Waals surface area contributed by atoms with Gasteiger partial charge in [0.25, 0.3) is 0 Å². The van der Waals surface area contributed by atoms with Crippen LogP contribution in [0.4, 0.5) is 14.9 Å². The lowest BCUT2D eigenvalue weighted by molar-refractivity contribution is 0.247. The molecule has 0 bridgehead atoms. The first-order chi connectivity index (χ1) is 10.2. The summed E-state index contributed by atoms with van der Waals surface area (Å²) in [4.78, 5) is 12.1. The van der Waals surface area contributed by atoms with Gasteiger partial charge in [0.1, 0.15) is 5.82 Å². The Bertz CT molecular complexity index is 657. The zero-order valence-electron chi connectivity index (χ0n) is 11.6. The molecule has 0 aromatic heterocycles. The van der Waals surface area contributed by atoms with Gasteiger partial charge < -0.3 is 10.6 Å². The summed E-state index contributed by atoms with van der Waals surface area (Å²) in [6, 6.07) is 13.9. The van der Waals surface area contributed by atoms with E-state index >= 15 is 0 Å². The molecule has 1 aliphatic rings. The molecule has 0 radical (unpaired) electrons. The lowest BCUT2D eigenvalue weighted by Gasteiger charge is -2.26. The number of hydrogen-bond donors (Lipinski definition) is 2. The molecular weight excluding hydrogens is 267 g/mol. The number of para-hydroxylation sites is 1. The highest BCUT2D eigenvalue weighted by Crippen LogP contribution is 2.29. The summed E-state index contributed by atoms with van der Waals surface area (Å²) in [6.07, 6.45) is 2.99. The maximum atomic E-state index is 13.5. The van der Waals surface area contributed by atoms with Gasteiger partial charge in [0.2, 0.25) is 0 Å². The first-order valence-electron chi connectivity index (χ1n) is 7.14. The highest BCUT2D eigenvalue weighted by Gasteiger charge is 2.21. The van der Waals surface area contributed by atoms with Gasteiger partial charge in [0.05, 0.1) is 11.7 Å². The molecule has 2 amide bonds. The van der Waals surface area contributed by atoms with Crippen molar-refractivity contribution in [3.8, 4) is 0 Å². The number of carbonyl (C=O) groups excluding carboxylic acids is 1. The minimum atomic E-state index is -0.434. The average Bonchev–Trinajstić information content (AvgIpc) is 2.50. The van der Waals surface area contributed by atoms with Crippen LogP contribution in [0.2, 0.25) is 0 Å². The van der Waals surface area contributed by atoms with E-state index in [4.69, 9.17) is 0 Å². The number of amides is 2. The van der Waals surface area contributed by atoms with E-state index in [-0.39, 0.29) is 17.8 Å². The Morgan fingerprint density at radius 2 is 1.86 bits per heavy atom. The Balaban J connectivity index is 1.70. The van der Waals surface area contributed by atoms with Crippen LogP contribution in [0.25, 0.3) is 0 Å². The second kappa shape index (κ2) is 5.95. The zero-order chi connectivity index (χ0) is 14.7. The van der Waals surface area contributed by atoms with E-state index < -0.39 is 5.82 Å². The predicted molar refractivity (Wildman–Crippen MR) is 80.7 cm³/mol. The summed E-state index contributed by atoms with van der Waals surface area (Å²) in [5, 5.41) is 5.50. The second-order valence-corrected chi connectivity index (χ2v) is 5.22. The molecule has 3 nitrogen and oxygen atoms in total. The van der Waals surface area contributed by atoms with Gasteiger partial charge in [-0.15, -0.1) is 0 Å². The third-order valence-electron chi connectivity index (χ3n) is 3.80. The van der Waals surface area contributed by atoms with Gasteiger partial charge >= 0.3 is 6.03 Å². The largest absolute Gasteiger partial charge is 0.331 e. The van der Waals surface area contributed by atoms with E-state index in [1.165, 1.54) is 11.6 Å². The van der Waals surface area contributed by atoms with Crippen molar-refractivity contribution in [1.29, 1.82) is 0 Å². The van der Waals surface area contributed by atoms with E-state index in [0.29, 0.717) is 0 Å². The van der Waals surface area contributed by atoms with Gasteiger partial charge in [-0.05, 0) is 42.5 Å². The summed E-state index contributed by atoms with van der Waals surface area (Å²) in [5.41, 5.74) is 2.63. The van der Waals surface area contributed by atoms with E-state index in [9.17, 15) is 9.18 Å². The summed E-state index contributed by atoms with van der Waals surface area (Å²) in [7, 11) is 0.